The van der Waals surface area contributed by atoms with E-state index in [-0.39, 0.29) is 4.90 Å². The first-order chi connectivity index (χ1) is 7.60. The van der Waals surface area contributed by atoms with Gasteiger partial charge in [0.1, 0.15) is 0 Å². The summed E-state index contributed by atoms with van der Waals surface area (Å²) in [7, 11) is -3.34. The van der Waals surface area contributed by atoms with Gasteiger partial charge in [-0.2, -0.15) is 4.31 Å². The maximum Gasteiger partial charge on any atom is 0.243 e. The summed E-state index contributed by atoms with van der Waals surface area (Å²) in [4.78, 5) is 0.277. The van der Waals surface area contributed by atoms with Crippen molar-refractivity contribution in [3.05, 3.63) is 29.3 Å². The highest BCUT2D eigenvalue weighted by Gasteiger charge is 2.25. The smallest absolute Gasteiger partial charge is 0.207 e. The van der Waals surface area contributed by atoms with Crippen LogP contribution in [0.15, 0.2) is 23.1 Å². The van der Waals surface area contributed by atoms with Gasteiger partial charge in [-0.25, -0.2) is 8.42 Å². The van der Waals surface area contributed by atoms with Crippen molar-refractivity contribution in [2.45, 2.75) is 24.2 Å². The third kappa shape index (κ3) is 2.39. The van der Waals surface area contributed by atoms with Crippen molar-refractivity contribution in [2.75, 3.05) is 13.1 Å². The maximum absolute atomic E-state index is 12.2. The van der Waals surface area contributed by atoms with E-state index in [9.17, 15) is 8.42 Å². The molecule has 0 spiro atoms. The van der Waals surface area contributed by atoms with E-state index in [1.165, 1.54) is 16.4 Å². The van der Waals surface area contributed by atoms with Crippen LogP contribution in [0.25, 0.3) is 0 Å². The van der Waals surface area contributed by atoms with Crippen LogP contribution in [0, 0.1) is 6.07 Å². The van der Waals surface area contributed by atoms with Gasteiger partial charge in [0, 0.05) is 24.2 Å². The molecule has 1 aliphatic heterocycles. The fourth-order valence-corrected chi connectivity index (χ4v) is 3.41. The van der Waals surface area contributed by atoms with Crippen molar-refractivity contribution in [1.29, 1.82) is 0 Å². The molecule has 1 heterocycles. The molecule has 1 radical (unpaired) electrons. The largest absolute Gasteiger partial charge is 0.243 e. The highest BCUT2D eigenvalue weighted by Crippen LogP contribution is 2.21. The summed E-state index contributed by atoms with van der Waals surface area (Å²) in [6, 6.07) is 7.23. The molecular formula is C11H13ClNO2S. The molecule has 5 heteroatoms. The summed E-state index contributed by atoms with van der Waals surface area (Å²) >= 11 is 5.68. The van der Waals surface area contributed by atoms with Gasteiger partial charge in [-0.15, -0.1) is 0 Å². The Balaban J connectivity index is 2.27. The van der Waals surface area contributed by atoms with Gasteiger partial charge in [0.25, 0.3) is 0 Å². The molecule has 0 saturated carbocycles. The minimum atomic E-state index is -3.34. The first kappa shape index (κ1) is 11.9. The summed E-state index contributed by atoms with van der Waals surface area (Å²) in [5, 5.41) is 0.428. The van der Waals surface area contributed by atoms with Crippen molar-refractivity contribution in [3.8, 4) is 0 Å². The van der Waals surface area contributed by atoms with E-state index in [4.69, 9.17) is 11.6 Å². The highest BCUT2D eigenvalue weighted by molar-refractivity contribution is 7.89. The number of nitrogens with zero attached hydrogens (tertiary/aromatic N) is 1. The minimum absolute atomic E-state index is 0.277. The van der Waals surface area contributed by atoms with Crippen LogP contribution in [0.5, 0.6) is 0 Å². The molecule has 87 valence electrons. The van der Waals surface area contributed by atoms with Gasteiger partial charge in [-0.3, -0.25) is 0 Å². The lowest BCUT2D eigenvalue weighted by Crippen LogP contribution is -2.35. The Morgan fingerprint density at radius 3 is 2.44 bits per heavy atom. The summed E-state index contributed by atoms with van der Waals surface area (Å²) < 4.78 is 25.9. The van der Waals surface area contributed by atoms with Crippen LogP contribution in [0.4, 0.5) is 0 Å². The monoisotopic (exact) mass is 258 g/mol. The van der Waals surface area contributed by atoms with Crippen molar-refractivity contribution < 1.29 is 8.42 Å². The molecule has 0 N–H and O–H groups in total. The third-order valence-electron chi connectivity index (χ3n) is 2.70. The van der Waals surface area contributed by atoms with Gasteiger partial charge < -0.3 is 0 Å². The van der Waals surface area contributed by atoms with Crippen molar-refractivity contribution in [2.24, 2.45) is 0 Å². The zero-order chi connectivity index (χ0) is 11.6. The highest BCUT2D eigenvalue weighted by atomic mass is 35.5. The van der Waals surface area contributed by atoms with Crippen LogP contribution in [0.2, 0.25) is 5.02 Å². The fraction of sp³-hybridized carbons (Fsp3) is 0.455. The van der Waals surface area contributed by atoms with Crippen molar-refractivity contribution >= 4 is 21.6 Å². The van der Waals surface area contributed by atoms with Crippen LogP contribution >= 0.6 is 11.6 Å². The molecule has 0 bridgehead atoms. The molecule has 1 fully saturated rings. The van der Waals surface area contributed by atoms with Crippen LogP contribution in [0.1, 0.15) is 19.3 Å². The molecule has 0 amide bonds. The van der Waals surface area contributed by atoms with Gasteiger partial charge in [-0.1, -0.05) is 18.0 Å². The molecule has 0 unspecified atom stereocenters. The standard InChI is InChI=1S/C11H13ClNO2S/c12-10-4-6-11(7-5-10)16(14,15)13-8-2-1-3-9-13/h4,6-7H,1-3,8-9H2. The molecule has 3 nitrogen and oxygen atoms in total. The number of sulfonamides is 1. The van der Waals surface area contributed by atoms with E-state index < -0.39 is 10.0 Å². The van der Waals surface area contributed by atoms with Crippen molar-refractivity contribution in [3.63, 3.8) is 0 Å². The number of piperidine rings is 1. The van der Waals surface area contributed by atoms with E-state index >= 15 is 0 Å². The molecular weight excluding hydrogens is 246 g/mol. The summed E-state index contributed by atoms with van der Waals surface area (Å²) in [5.74, 6) is 0. The average Bonchev–Trinajstić information content (AvgIpc) is 2.31. The number of hydrogen-bond acceptors (Lipinski definition) is 2. The van der Waals surface area contributed by atoms with Crippen LogP contribution in [0.3, 0.4) is 0 Å². The molecule has 1 saturated heterocycles. The Bertz CT molecular complexity index is 449. The van der Waals surface area contributed by atoms with Crippen molar-refractivity contribution in [1.82, 2.24) is 4.31 Å². The summed E-state index contributed by atoms with van der Waals surface area (Å²) in [6.45, 7) is 1.23. The zero-order valence-electron chi connectivity index (χ0n) is 8.82. The molecule has 1 aromatic carbocycles. The number of hydrogen-bond donors (Lipinski definition) is 0. The van der Waals surface area contributed by atoms with E-state index in [1.54, 1.807) is 6.07 Å². The van der Waals surface area contributed by atoms with E-state index in [1.807, 2.05) is 0 Å². The molecule has 1 aromatic rings. The lowest BCUT2D eigenvalue weighted by atomic mass is 10.2. The van der Waals surface area contributed by atoms with Gasteiger partial charge in [0.2, 0.25) is 10.0 Å². The Morgan fingerprint density at radius 2 is 1.88 bits per heavy atom. The van der Waals surface area contributed by atoms with Crippen LogP contribution in [-0.4, -0.2) is 25.8 Å². The molecule has 0 aliphatic carbocycles. The number of benzene rings is 1. The summed E-state index contributed by atoms with van der Waals surface area (Å²) in [6.07, 6.45) is 2.99. The van der Waals surface area contributed by atoms with E-state index in [0.717, 1.165) is 19.3 Å². The quantitative estimate of drug-likeness (QED) is 0.816. The maximum atomic E-state index is 12.2. The fourth-order valence-electron chi connectivity index (χ4n) is 1.81. The molecule has 0 atom stereocenters. The third-order valence-corrected chi connectivity index (χ3v) is 4.83. The van der Waals surface area contributed by atoms with E-state index in [0.29, 0.717) is 18.1 Å². The predicted molar refractivity (Wildman–Crippen MR) is 62.9 cm³/mol. The first-order valence-electron chi connectivity index (χ1n) is 5.28. The second kappa shape index (κ2) is 4.73. The molecule has 16 heavy (non-hydrogen) atoms. The number of halogens is 1. The van der Waals surface area contributed by atoms with Gasteiger partial charge >= 0.3 is 0 Å². The van der Waals surface area contributed by atoms with Gasteiger partial charge in [0.15, 0.2) is 0 Å². The zero-order valence-corrected chi connectivity index (χ0v) is 10.4. The van der Waals surface area contributed by atoms with Crippen LogP contribution in [-0.2, 0) is 10.0 Å². The molecule has 1 aliphatic rings. The predicted octanol–water partition coefficient (Wildman–Crippen LogP) is 2.31. The normalized spacial score (nSPS) is 18.6. The lowest BCUT2D eigenvalue weighted by molar-refractivity contribution is 0.346. The minimum Gasteiger partial charge on any atom is -0.207 e. The van der Waals surface area contributed by atoms with Crippen LogP contribution < -0.4 is 0 Å². The topological polar surface area (TPSA) is 37.4 Å². The van der Waals surface area contributed by atoms with Gasteiger partial charge in [-0.05, 0) is 31.0 Å². The molecule has 0 aromatic heterocycles. The average molecular weight is 259 g/mol. The second-order valence-corrected chi connectivity index (χ2v) is 6.18. The Hall–Kier alpha value is -0.580. The Kier molecular flexibility index (Phi) is 3.52. The SMILES string of the molecule is O=S(=O)(c1c[c]c(Cl)cc1)N1CCCCC1. The molecule has 2 rings (SSSR count). The second-order valence-electron chi connectivity index (χ2n) is 3.84. The van der Waals surface area contributed by atoms with Gasteiger partial charge in [0.05, 0.1) is 4.90 Å². The Morgan fingerprint density at radius 1 is 1.19 bits per heavy atom. The number of rotatable bonds is 2. The Labute approximate surface area is 101 Å². The first-order valence-corrected chi connectivity index (χ1v) is 7.10. The summed E-state index contributed by atoms with van der Waals surface area (Å²) in [5.41, 5.74) is 0. The lowest BCUT2D eigenvalue weighted by Gasteiger charge is -2.25. The van der Waals surface area contributed by atoms with E-state index in [2.05, 4.69) is 6.07 Å².